The molecule has 0 bridgehead atoms. The Hall–Kier alpha value is -0.890. The first-order chi connectivity index (χ1) is 9.33. The lowest BCUT2D eigenvalue weighted by atomic mass is 10.1. The van der Waals surface area contributed by atoms with Gasteiger partial charge in [0.15, 0.2) is 0 Å². The van der Waals surface area contributed by atoms with E-state index in [-0.39, 0.29) is 11.5 Å². The lowest BCUT2D eigenvalue weighted by molar-refractivity contribution is 0.285. The van der Waals surface area contributed by atoms with Gasteiger partial charge in [-0.2, -0.15) is 0 Å². The second kappa shape index (κ2) is 5.85. The predicted octanol–water partition coefficient (Wildman–Crippen LogP) is 3.42. The zero-order valence-electron chi connectivity index (χ0n) is 11.0. The number of aliphatic hydroxyl groups excluding tert-OH is 1. The molecule has 2 aromatic rings. The summed E-state index contributed by atoms with van der Waals surface area (Å²) in [5, 5.41) is 9.08. The van der Waals surface area contributed by atoms with Crippen LogP contribution >= 0.6 is 27.3 Å². The minimum atomic E-state index is -3.67. The SMILES string of the molecule is Cc1ccc(NS(=O)(=O)c2cc(CO)sc2Br)c(C)c1. The van der Waals surface area contributed by atoms with Gasteiger partial charge in [-0.3, -0.25) is 4.72 Å². The van der Waals surface area contributed by atoms with E-state index in [4.69, 9.17) is 5.11 Å². The standard InChI is InChI=1S/C13H14BrNO3S2/c1-8-3-4-11(9(2)5-8)15-20(17,18)12-6-10(7-16)19-13(12)14/h3-6,15-16H,7H2,1-2H3. The molecule has 7 heteroatoms. The summed E-state index contributed by atoms with van der Waals surface area (Å²) < 4.78 is 27.8. The van der Waals surface area contributed by atoms with Gasteiger partial charge in [-0.25, -0.2) is 8.42 Å². The monoisotopic (exact) mass is 375 g/mol. The van der Waals surface area contributed by atoms with E-state index in [9.17, 15) is 8.42 Å². The van der Waals surface area contributed by atoms with E-state index in [0.29, 0.717) is 14.4 Å². The predicted molar refractivity (Wildman–Crippen MR) is 84.7 cm³/mol. The molecule has 0 saturated carbocycles. The highest BCUT2D eigenvalue weighted by Crippen LogP contribution is 2.33. The third kappa shape index (κ3) is 3.22. The highest BCUT2D eigenvalue weighted by atomic mass is 79.9. The Balaban J connectivity index is 2.38. The molecule has 1 heterocycles. The molecule has 1 aromatic carbocycles. The molecule has 2 rings (SSSR count). The van der Waals surface area contributed by atoms with Crippen molar-refractivity contribution in [1.29, 1.82) is 0 Å². The molecular weight excluding hydrogens is 362 g/mol. The molecule has 108 valence electrons. The molecule has 1 aromatic heterocycles. The number of nitrogens with one attached hydrogen (secondary N) is 1. The Morgan fingerprint density at radius 2 is 2.00 bits per heavy atom. The Labute approximate surface area is 130 Å². The van der Waals surface area contributed by atoms with Crippen LogP contribution in [0, 0.1) is 13.8 Å². The number of aliphatic hydroxyl groups is 1. The molecule has 0 saturated heterocycles. The molecule has 0 unspecified atom stereocenters. The van der Waals surface area contributed by atoms with Gasteiger partial charge in [0.05, 0.1) is 16.1 Å². The van der Waals surface area contributed by atoms with Crippen LogP contribution in [0.25, 0.3) is 0 Å². The largest absolute Gasteiger partial charge is 0.391 e. The molecular formula is C13H14BrNO3S2. The molecule has 0 aliphatic rings. The van der Waals surface area contributed by atoms with Gasteiger partial charge in [-0.15, -0.1) is 11.3 Å². The molecule has 0 spiro atoms. The molecule has 0 atom stereocenters. The van der Waals surface area contributed by atoms with Crippen molar-refractivity contribution in [1.82, 2.24) is 0 Å². The van der Waals surface area contributed by atoms with Crippen LogP contribution in [0.1, 0.15) is 16.0 Å². The maximum atomic E-state index is 12.4. The number of rotatable bonds is 4. The van der Waals surface area contributed by atoms with Crippen LogP contribution in [0.2, 0.25) is 0 Å². The van der Waals surface area contributed by atoms with Crippen molar-refractivity contribution in [2.75, 3.05) is 4.72 Å². The Morgan fingerprint density at radius 1 is 1.30 bits per heavy atom. The van der Waals surface area contributed by atoms with Crippen molar-refractivity contribution < 1.29 is 13.5 Å². The molecule has 0 fully saturated rings. The van der Waals surface area contributed by atoms with Gasteiger partial charge in [-0.05, 0) is 47.5 Å². The van der Waals surface area contributed by atoms with Gasteiger partial charge in [0, 0.05) is 4.88 Å². The van der Waals surface area contributed by atoms with E-state index in [2.05, 4.69) is 20.7 Å². The third-order valence-electron chi connectivity index (χ3n) is 2.78. The van der Waals surface area contributed by atoms with Gasteiger partial charge < -0.3 is 5.11 Å². The van der Waals surface area contributed by atoms with E-state index in [1.54, 1.807) is 6.07 Å². The fourth-order valence-corrected chi connectivity index (χ4v) is 5.46. The molecule has 20 heavy (non-hydrogen) atoms. The average Bonchev–Trinajstić information content (AvgIpc) is 2.75. The number of sulfonamides is 1. The van der Waals surface area contributed by atoms with Crippen molar-refractivity contribution in [3.8, 4) is 0 Å². The first-order valence-electron chi connectivity index (χ1n) is 5.82. The summed E-state index contributed by atoms with van der Waals surface area (Å²) in [5.74, 6) is 0. The van der Waals surface area contributed by atoms with E-state index in [1.165, 1.54) is 17.4 Å². The van der Waals surface area contributed by atoms with E-state index >= 15 is 0 Å². The van der Waals surface area contributed by atoms with Crippen LogP contribution in [-0.2, 0) is 16.6 Å². The van der Waals surface area contributed by atoms with Gasteiger partial charge in [0.1, 0.15) is 4.90 Å². The zero-order chi connectivity index (χ0) is 14.9. The fourth-order valence-electron chi connectivity index (χ4n) is 1.79. The average molecular weight is 376 g/mol. The van der Waals surface area contributed by atoms with Crippen molar-refractivity contribution in [2.24, 2.45) is 0 Å². The number of hydrogen-bond acceptors (Lipinski definition) is 4. The van der Waals surface area contributed by atoms with Gasteiger partial charge in [0.25, 0.3) is 10.0 Å². The fraction of sp³-hybridized carbons (Fsp3) is 0.231. The number of thiophene rings is 1. The molecule has 0 amide bonds. The number of halogens is 1. The molecule has 0 aliphatic heterocycles. The third-order valence-corrected chi connectivity index (χ3v) is 6.38. The maximum Gasteiger partial charge on any atom is 0.263 e. The quantitative estimate of drug-likeness (QED) is 0.859. The summed E-state index contributed by atoms with van der Waals surface area (Å²) in [6.45, 7) is 3.63. The lowest BCUT2D eigenvalue weighted by Gasteiger charge is -2.10. The maximum absolute atomic E-state index is 12.4. The summed E-state index contributed by atoms with van der Waals surface area (Å²) in [6, 6.07) is 6.99. The van der Waals surface area contributed by atoms with Gasteiger partial charge in [0.2, 0.25) is 0 Å². The van der Waals surface area contributed by atoms with E-state index < -0.39 is 10.0 Å². The second-order valence-corrected chi connectivity index (χ2v) is 8.54. The topological polar surface area (TPSA) is 66.4 Å². The first kappa shape index (κ1) is 15.5. The summed E-state index contributed by atoms with van der Waals surface area (Å²) in [4.78, 5) is 0.740. The molecule has 0 radical (unpaired) electrons. The zero-order valence-corrected chi connectivity index (χ0v) is 14.2. The normalized spacial score (nSPS) is 11.6. The van der Waals surface area contributed by atoms with Gasteiger partial charge in [-0.1, -0.05) is 17.7 Å². The van der Waals surface area contributed by atoms with Crippen LogP contribution in [0.15, 0.2) is 32.9 Å². The number of benzene rings is 1. The number of anilines is 1. The Kier molecular flexibility index (Phi) is 4.53. The molecule has 2 N–H and O–H groups in total. The smallest absolute Gasteiger partial charge is 0.263 e. The minimum absolute atomic E-state index is 0.145. The van der Waals surface area contributed by atoms with Crippen molar-refractivity contribution in [2.45, 2.75) is 25.3 Å². The summed E-state index contributed by atoms with van der Waals surface area (Å²) >= 11 is 4.43. The minimum Gasteiger partial charge on any atom is -0.391 e. The highest BCUT2D eigenvalue weighted by molar-refractivity contribution is 9.11. The van der Waals surface area contributed by atoms with Crippen molar-refractivity contribution in [3.63, 3.8) is 0 Å². The van der Waals surface area contributed by atoms with Gasteiger partial charge >= 0.3 is 0 Å². The van der Waals surface area contributed by atoms with E-state index in [1.807, 2.05) is 26.0 Å². The van der Waals surface area contributed by atoms with Crippen LogP contribution in [0.5, 0.6) is 0 Å². The first-order valence-corrected chi connectivity index (χ1v) is 8.92. The van der Waals surface area contributed by atoms with Crippen LogP contribution in [0.3, 0.4) is 0 Å². The summed E-state index contributed by atoms with van der Waals surface area (Å²) in [5.41, 5.74) is 2.49. The van der Waals surface area contributed by atoms with Crippen LogP contribution in [-0.4, -0.2) is 13.5 Å². The number of hydrogen-bond donors (Lipinski definition) is 2. The molecule has 4 nitrogen and oxygen atoms in total. The summed E-state index contributed by atoms with van der Waals surface area (Å²) in [7, 11) is -3.67. The lowest BCUT2D eigenvalue weighted by Crippen LogP contribution is -2.13. The molecule has 0 aliphatic carbocycles. The Morgan fingerprint density at radius 3 is 2.55 bits per heavy atom. The van der Waals surface area contributed by atoms with E-state index in [0.717, 1.165) is 11.1 Å². The summed E-state index contributed by atoms with van der Waals surface area (Å²) in [6.07, 6.45) is 0. The Bertz CT molecular complexity index is 738. The highest BCUT2D eigenvalue weighted by Gasteiger charge is 2.21. The second-order valence-electron chi connectivity index (χ2n) is 4.43. The van der Waals surface area contributed by atoms with Crippen molar-refractivity contribution >= 4 is 43.0 Å². The van der Waals surface area contributed by atoms with Crippen LogP contribution < -0.4 is 4.72 Å². The van der Waals surface area contributed by atoms with Crippen molar-refractivity contribution in [3.05, 3.63) is 44.1 Å². The number of aryl methyl sites for hydroxylation is 2. The van der Waals surface area contributed by atoms with Crippen LogP contribution in [0.4, 0.5) is 5.69 Å².